The maximum absolute atomic E-state index is 13.1. The first-order valence-corrected chi connectivity index (χ1v) is 11.3. The number of ether oxygens (including phenoxy) is 2. The van der Waals surface area contributed by atoms with Crippen molar-refractivity contribution in [3.63, 3.8) is 0 Å². The maximum Gasteiger partial charge on any atom is 0.265 e. The molecule has 0 radical (unpaired) electrons. The summed E-state index contributed by atoms with van der Waals surface area (Å²) in [6, 6.07) is 7.77. The lowest BCUT2D eigenvalue weighted by atomic mass is 10.2. The Bertz CT molecular complexity index is 898. The van der Waals surface area contributed by atoms with E-state index < -0.39 is 0 Å². The molecule has 8 heteroatoms. The van der Waals surface area contributed by atoms with Crippen molar-refractivity contribution in [2.45, 2.75) is 32.8 Å². The van der Waals surface area contributed by atoms with Crippen molar-refractivity contribution >= 4 is 23.2 Å². The molecule has 2 aromatic rings. The number of aromatic nitrogens is 1. The van der Waals surface area contributed by atoms with Gasteiger partial charge in [-0.1, -0.05) is 0 Å². The van der Waals surface area contributed by atoms with Gasteiger partial charge in [0.05, 0.1) is 12.3 Å². The van der Waals surface area contributed by atoms with Crippen LogP contribution in [0.15, 0.2) is 24.3 Å². The molecule has 3 heterocycles. The van der Waals surface area contributed by atoms with Gasteiger partial charge in [-0.25, -0.2) is 4.98 Å². The van der Waals surface area contributed by atoms with E-state index in [2.05, 4.69) is 4.98 Å². The first kappa shape index (κ1) is 20.8. The molecular formula is C22H27N3O4S. The lowest BCUT2D eigenvalue weighted by Gasteiger charge is -2.35. The fourth-order valence-electron chi connectivity index (χ4n) is 3.83. The van der Waals surface area contributed by atoms with Crippen molar-refractivity contribution in [3.8, 4) is 16.3 Å². The average Bonchev–Trinajstić information content (AvgIpc) is 3.44. The highest BCUT2D eigenvalue weighted by Gasteiger charge is 2.32. The van der Waals surface area contributed by atoms with Crippen LogP contribution in [0.3, 0.4) is 0 Å². The van der Waals surface area contributed by atoms with Gasteiger partial charge in [0.15, 0.2) is 0 Å². The van der Waals surface area contributed by atoms with E-state index in [1.54, 1.807) is 0 Å². The molecule has 7 nitrogen and oxygen atoms in total. The molecule has 0 aliphatic carbocycles. The van der Waals surface area contributed by atoms with Crippen LogP contribution >= 0.6 is 11.3 Å². The Kier molecular flexibility index (Phi) is 6.34. The van der Waals surface area contributed by atoms with Crippen LogP contribution in [0.1, 0.15) is 35.1 Å². The highest BCUT2D eigenvalue weighted by Crippen LogP contribution is 2.30. The number of amides is 2. The van der Waals surface area contributed by atoms with Crippen LogP contribution in [0.25, 0.3) is 10.6 Å². The van der Waals surface area contributed by atoms with Crippen LogP contribution in [0.2, 0.25) is 0 Å². The standard InChI is InChI=1S/C22H27N3O4S/c1-3-28-17-8-6-16(7-9-17)20-23-15(2)19(30-20)22(27)25-12-10-24(11-13-25)21(26)18-5-4-14-29-18/h6-9,18H,3-5,10-14H2,1-2H3/t18-/m0/s1. The average molecular weight is 430 g/mol. The highest BCUT2D eigenvalue weighted by molar-refractivity contribution is 7.17. The third-order valence-corrected chi connectivity index (χ3v) is 6.68. The summed E-state index contributed by atoms with van der Waals surface area (Å²) in [7, 11) is 0. The summed E-state index contributed by atoms with van der Waals surface area (Å²) in [4.78, 5) is 34.5. The molecule has 1 aromatic carbocycles. The van der Waals surface area contributed by atoms with Gasteiger partial charge in [-0.3, -0.25) is 9.59 Å². The summed E-state index contributed by atoms with van der Waals surface area (Å²) in [6.45, 7) is 7.28. The molecule has 2 amide bonds. The number of carbonyl (C=O) groups is 2. The molecule has 2 aliphatic rings. The number of hydrogen-bond donors (Lipinski definition) is 0. The van der Waals surface area contributed by atoms with Gasteiger partial charge in [0, 0.05) is 38.3 Å². The van der Waals surface area contributed by atoms with E-state index in [4.69, 9.17) is 9.47 Å². The Balaban J connectivity index is 1.40. The van der Waals surface area contributed by atoms with E-state index in [0.29, 0.717) is 44.3 Å². The predicted octanol–water partition coefficient (Wildman–Crippen LogP) is 2.98. The fourth-order valence-corrected chi connectivity index (χ4v) is 4.87. The van der Waals surface area contributed by atoms with E-state index in [-0.39, 0.29) is 17.9 Å². The Morgan fingerprint density at radius 3 is 2.50 bits per heavy atom. The zero-order valence-electron chi connectivity index (χ0n) is 17.4. The zero-order chi connectivity index (χ0) is 21.1. The number of thiazole rings is 1. The zero-order valence-corrected chi connectivity index (χ0v) is 18.2. The lowest BCUT2D eigenvalue weighted by molar-refractivity contribution is -0.142. The first-order valence-electron chi connectivity index (χ1n) is 10.5. The third kappa shape index (κ3) is 4.34. The van der Waals surface area contributed by atoms with E-state index in [1.165, 1.54) is 11.3 Å². The number of hydrogen-bond acceptors (Lipinski definition) is 6. The summed E-state index contributed by atoms with van der Waals surface area (Å²) in [5, 5.41) is 0.825. The number of rotatable bonds is 5. The summed E-state index contributed by atoms with van der Waals surface area (Å²) < 4.78 is 11.0. The molecule has 4 rings (SSSR count). The summed E-state index contributed by atoms with van der Waals surface area (Å²) in [5.74, 6) is 0.874. The molecule has 1 aromatic heterocycles. The molecule has 160 valence electrons. The number of carbonyl (C=O) groups excluding carboxylic acids is 2. The number of aryl methyl sites for hydroxylation is 1. The van der Waals surface area contributed by atoms with Crippen molar-refractivity contribution in [1.29, 1.82) is 0 Å². The Labute approximate surface area is 180 Å². The second-order valence-corrected chi connectivity index (χ2v) is 8.51. The van der Waals surface area contributed by atoms with Gasteiger partial charge < -0.3 is 19.3 Å². The van der Waals surface area contributed by atoms with Gasteiger partial charge in [-0.2, -0.15) is 0 Å². The molecule has 0 saturated carbocycles. The van der Waals surface area contributed by atoms with Gasteiger partial charge in [0.25, 0.3) is 11.8 Å². The normalized spacial score (nSPS) is 19.2. The van der Waals surface area contributed by atoms with Crippen LogP contribution in [0.5, 0.6) is 5.75 Å². The van der Waals surface area contributed by atoms with Crippen LogP contribution < -0.4 is 4.74 Å². The van der Waals surface area contributed by atoms with Crippen LogP contribution in [-0.4, -0.2) is 72.1 Å². The quantitative estimate of drug-likeness (QED) is 0.731. The van der Waals surface area contributed by atoms with Crippen LogP contribution in [0, 0.1) is 6.92 Å². The summed E-state index contributed by atoms with van der Waals surface area (Å²) in [6.07, 6.45) is 1.44. The van der Waals surface area contributed by atoms with E-state index in [1.807, 2.05) is 47.9 Å². The first-order chi connectivity index (χ1) is 14.6. The Morgan fingerprint density at radius 1 is 1.17 bits per heavy atom. The fraction of sp³-hybridized carbons (Fsp3) is 0.500. The predicted molar refractivity (Wildman–Crippen MR) is 115 cm³/mol. The number of nitrogens with zero attached hydrogens (tertiary/aromatic N) is 3. The van der Waals surface area contributed by atoms with Crippen molar-refractivity contribution < 1.29 is 19.1 Å². The third-order valence-electron chi connectivity index (χ3n) is 5.49. The molecule has 2 aliphatic heterocycles. The molecule has 30 heavy (non-hydrogen) atoms. The maximum atomic E-state index is 13.1. The molecule has 2 fully saturated rings. The highest BCUT2D eigenvalue weighted by atomic mass is 32.1. The molecule has 0 bridgehead atoms. The van der Waals surface area contributed by atoms with Crippen molar-refractivity contribution in [2.24, 2.45) is 0 Å². The Morgan fingerprint density at radius 2 is 1.87 bits per heavy atom. The second kappa shape index (κ2) is 9.14. The lowest BCUT2D eigenvalue weighted by Crippen LogP contribution is -2.52. The molecule has 2 saturated heterocycles. The largest absolute Gasteiger partial charge is 0.494 e. The molecule has 0 N–H and O–H groups in total. The van der Waals surface area contributed by atoms with Crippen molar-refractivity contribution in [2.75, 3.05) is 39.4 Å². The minimum atomic E-state index is -0.298. The minimum Gasteiger partial charge on any atom is -0.494 e. The van der Waals surface area contributed by atoms with E-state index in [9.17, 15) is 9.59 Å². The van der Waals surface area contributed by atoms with Crippen LogP contribution in [0.4, 0.5) is 0 Å². The number of piperazine rings is 1. The van der Waals surface area contributed by atoms with Gasteiger partial charge in [0.1, 0.15) is 21.7 Å². The summed E-state index contributed by atoms with van der Waals surface area (Å²) in [5.41, 5.74) is 1.71. The Hall–Kier alpha value is -2.45. The molecular weight excluding hydrogens is 402 g/mol. The molecule has 0 spiro atoms. The monoisotopic (exact) mass is 429 g/mol. The number of benzene rings is 1. The summed E-state index contributed by atoms with van der Waals surface area (Å²) >= 11 is 1.42. The van der Waals surface area contributed by atoms with Crippen LogP contribution in [-0.2, 0) is 9.53 Å². The molecule has 1 atom stereocenters. The second-order valence-electron chi connectivity index (χ2n) is 7.51. The van der Waals surface area contributed by atoms with Crippen molar-refractivity contribution in [3.05, 3.63) is 34.8 Å². The minimum absolute atomic E-state index is 0.00796. The van der Waals surface area contributed by atoms with Gasteiger partial charge >= 0.3 is 0 Å². The van der Waals surface area contributed by atoms with Gasteiger partial charge in [-0.15, -0.1) is 11.3 Å². The topological polar surface area (TPSA) is 72.0 Å². The smallest absolute Gasteiger partial charge is 0.265 e. The van der Waals surface area contributed by atoms with Gasteiger partial charge in [0.2, 0.25) is 0 Å². The molecule has 0 unspecified atom stereocenters. The van der Waals surface area contributed by atoms with Crippen molar-refractivity contribution in [1.82, 2.24) is 14.8 Å². The van der Waals surface area contributed by atoms with Gasteiger partial charge in [-0.05, 0) is 51.0 Å². The van der Waals surface area contributed by atoms with E-state index >= 15 is 0 Å². The SMILES string of the molecule is CCOc1ccc(-c2nc(C)c(C(=O)N3CCN(C(=O)[C@@H]4CCCO4)CC3)s2)cc1. The van der Waals surface area contributed by atoms with E-state index in [0.717, 1.165) is 34.9 Å².